The molecule has 1 aliphatic rings. The molecule has 1 aliphatic heterocycles. The normalized spacial score (nSPS) is 19.1. The summed E-state index contributed by atoms with van der Waals surface area (Å²) in [5, 5.41) is 0. The average Bonchev–Trinajstić information content (AvgIpc) is 2.46. The first kappa shape index (κ1) is 15.8. The molecular formula is C17H26N2O2. The molecule has 0 aromatic heterocycles. The van der Waals surface area contributed by atoms with Crippen LogP contribution in [-0.2, 0) is 4.79 Å². The van der Waals surface area contributed by atoms with Gasteiger partial charge < -0.3 is 15.4 Å². The summed E-state index contributed by atoms with van der Waals surface area (Å²) in [6, 6.07) is 5.84. The molecule has 2 N–H and O–H groups in total. The van der Waals surface area contributed by atoms with Gasteiger partial charge in [0.25, 0.3) is 5.91 Å². The molecule has 1 aromatic carbocycles. The van der Waals surface area contributed by atoms with E-state index < -0.39 is 6.10 Å². The summed E-state index contributed by atoms with van der Waals surface area (Å²) in [5.74, 6) is 0.822. The molecule has 0 saturated carbocycles. The maximum atomic E-state index is 12.4. The van der Waals surface area contributed by atoms with E-state index in [2.05, 4.69) is 6.92 Å². The van der Waals surface area contributed by atoms with Crippen molar-refractivity contribution in [3.8, 4) is 5.75 Å². The van der Waals surface area contributed by atoms with E-state index in [4.69, 9.17) is 10.5 Å². The second-order valence-electron chi connectivity index (χ2n) is 5.83. The van der Waals surface area contributed by atoms with Crippen LogP contribution in [0.15, 0.2) is 18.2 Å². The number of benzene rings is 1. The van der Waals surface area contributed by atoms with Crippen molar-refractivity contribution in [3.63, 3.8) is 0 Å². The third-order valence-electron chi connectivity index (χ3n) is 3.95. The molecule has 0 bridgehead atoms. The van der Waals surface area contributed by atoms with Gasteiger partial charge in [0.2, 0.25) is 0 Å². The topological polar surface area (TPSA) is 55.6 Å². The number of carbonyl (C=O) groups excluding carboxylic acids is 1. The lowest BCUT2D eigenvalue weighted by Crippen LogP contribution is -2.45. The van der Waals surface area contributed by atoms with Crippen molar-refractivity contribution < 1.29 is 9.53 Å². The molecule has 4 nitrogen and oxygen atoms in total. The molecular weight excluding hydrogens is 264 g/mol. The largest absolute Gasteiger partial charge is 0.479 e. The minimum atomic E-state index is -0.412. The third-order valence-corrected chi connectivity index (χ3v) is 3.95. The predicted molar refractivity (Wildman–Crippen MR) is 85.6 cm³/mol. The highest BCUT2D eigenvalue weighted by atomic mass is 16.5. The van der Waals surface area contributed by atoms with Gasteiger partial charge >= 0.3 is 0 Å². The minimum absolute atomic E-state index is 0.0424. The molecule has 0 fully saturated rings. The summed E-state index contributed by atoms with van der Waals surface area (Å²) in [5.41, 5.74) is 7.84. The lowest BCUT2D eigenvalue weighted by atomic mass is 10.1. The minimum Gasteiger partial charge on any atom is -0.479 e. The summed E-state index contributed by atoms with van der Waals surface area (Å²) >= 11 is 0. The van der Waals surface area contributed by atoms with Crippen LogP contribution in [0.25, 0.3) is 0 Å². The Labute approximate surface area is 127 Å². The van der Waals surface area contributed by atoms with Crippen LogP contribution in [0.3, 0.4) is 0 Å². The Kier molecular flexibility index (Phi) is 5.23. The van der Waals surface area contributed by atoms with Crippen molar-refractivity contribution in [2.45, 2.75) is 58.6 Å². The van der Waals surface area contributed by atoms with Gasteiger partial charge in [0.15, 0.2) is 6.10 Å². The molecule has 0 radical (unpaired) electrons. The van der Waals surface area contributed by atoms with E-state index in [1.165, 1.54) is 12.8 Å². The zero-order valence-electron chi connectivity index (χ0n) is 13.3. The van der Waals surface area contributed by atoms with Crippen LogP contribution in [0, 0.1) is 0 Å². The smallest absolute Gasteiger partial charge is 0.267 e. The predicted octanol–water partition coefficient (Wildman–Crippen LogP) is 3.40. The van der Waals surface area contributed by atoms with E-state index in [0.29, 0.717) is 0 Å². The van der Waals surface area contributed by atoms with E-state index in [0.717, 1.165) is 36.4 Å². The SMILES string of the molecule is CCCCCCN1C(=O)C(C)Oc2ccc(C(C)N)cc21. The fourth-order valence-corrected chi connectivity index (χ4v) is 2.63. The molecule has 2 atom stereocenters. The Bertz CT molecular complexity index is 500. The van der Waals surface area contributed by atoms with Crippen molar-refractivity contribution in [1.29, 1.82) is 0 Å². The lowest BCUT2D eigenvalue weighted by Gasteiger charge is -2.33. The number of carbonyl (C=O) groups is 1. The van der Waals surface area contributed by atoms with Gasteiger partial charge in [0, 0.05) is 12.6 Å². The van der Waals surface area contributed by atoms with Gasteiger partial charge in [0.1, 0.15) is 5.75 Å². The molecule has 0 spiro atoms. The Morgan fingerprint density at radius 3 is 2.76 bits per heavy atom. The molecule has 2 unspecified atom stereocenters. The zero-order chi connectivity index (χ0) is 15.4. The number of nitrogens with two attached hydrogens (primary N) is 1. The Hall–Kier alpha value is -1.55. The summed E-state index contributed by atoms with van der Waals surface area (Å²) in [6.07, 6.45) is 4.16. The number of ether oxygens (including phenoxy) is 1. The molecule has 1 heterocycles. The maximum Gasteiger partial charge on any atom is 0.267 e. The van der Waals surface area contributed by atoms with Crippen LogP contribution >= 0.6 is 0 Å². The van der Waals surface area contributed by atoms with Crippen molar-refractivity contribution >= 4 is 11.6 Å². The van der Waals surface area contributed by atoms with Crippen LogP contribution in [0.4, 0.5) is 5.69 Å². The Morgan fingerprint density at radius 1 is 1.33 bits per heavy atom. The number of hydrogen-bond acceptors (Lipinski definition) is 3. The lowest BCUT2D eigenvalue weighted by molar-refractivity contribution is -0.125. The Morgan fingerprint density at radius 2 is 2.10 bits per heavy atom. The number of nitrogens with zero attached hydrogens (tertiary/aromatic N) is 1. The maximum absolute atomic E-state index is 12.4. The standard InChI is InChI=1S/C17H26N2O2/c1-4-5-6-7-10-19-15-11-14(12(2)18)8-9-16(15)21-13(3)17(19)20/h8-9,11-13H,4-7,10,18H2,1-3H3. The van der Waals surface area contributed by atoms with Gasteiger partial charge in [0.05, 0.1) is 5.69 Å². The molecule has 1 aromatic rings. The van der Waals surface area contributed by atoms with E-state index in [9.17, 15) is 4.79 Å². The highest BCUT2D eigenvalue weighted by molar-refractivity contribution is 5.99. The highest BCUT2D eigenvalue weighted by Gasteiger charge is 2.31. The van der Waals surface area contributed by atoms with Crippen LogP contribution in [-0.4, -0.2) is 18.6 Å². The van der Waals surface area contributed by atoms with Gasteiger partial charge in [-0.25, -0.2) is 0 Å². The number of rotatable bonds is 6. The molecule has 1 amide bonds. The van der Waals surface area contributed by atoms with Crippen molar-refractivity contribution in [3.05, 3.63) is 23.8 Å². The van der Waals surface area contributed by atoms with Crippen LogP contribution in [0.2, 0.25) is 0 Å². The second kappa shape index (κ2) is 6.94. The number of amides is 1. The molecule has 2 rings (SSSR count). The van der Waals surface area contributed by atoms with Crippen molar-refractivity contribution in [1.82, 2.24) is 0 Å². The molecule has 0 aliphatic carbocycles. The van der Waals surface area contributed by atoms with Gasteiger partial charge in [-0.15, -0.1) is 0 Å². The number of hydrogen-bond donors (Lipinski definition) is 1. The molecule has 0 saturated heterocycles. The fourth-order valence-electron chi connectivity index (χ4n) is 2.63. The average molecular weight is 290 g/mol. The van der Waals surface area contributed by atoms with Gasteiger partial charge in [-0.2, -0.15) is 0 Å². The summed E-state index contributed by atoms with van der Waals surface area (Å²) in [6.45, 7) is 6.69. The van der Waals surface area contributed by atoms with Crippen LogP contribution in [0.5, 0.6) is 5.75 Å². The summed E-state index contributed by atoms with van der Waals surface area (Å²) < 4.78 is 5.70. The first-order valence-corrected chi connectivity index (χ1v) is 7.92. The van der Waals surface area contributed by atoms with E-state index in [-0.39, 0.29) is 11.9 Å². The van der Waals surface area contributed by atoms with Crippen molar-refractivity contribution in [2.24, 2.45) is 5.73 Å². The fraction of sp³-hybridized carbons (Fsp3) is 0.588. The van der Waals surface area contributed by atoms with Crippen LogP contribution in [0.1, 0.15) is 58.1 Å². The number of fused-ring (bicyclic) bond motifs is 1. The van der Waals surface area contributed by atoms with Gasteiger partial charge in [-0.3, -0.25) is 4.79 Å². The Balaban J connectivity index is 2.22. The van der Waals surface area contributed by atoms with E-state index in [1.807, 2.05) is 36.9 Å². The highest BCUT2D eigenvalue weighted by Crippen LogP contribution is 2.36. The first-order valence-electron chi connectivity index (χ1n) is 7.92. The number of unbranched alkanes of at least 4 members (excludes halogenated alkanes) is 3. The van der Waals surface area contributed by atoms with E-state index >= 15 is 0 Å². The van der Waals surface area contributed by atoms with Gasteiger partial charge in [-0.05, 0) is 38.0 Å². The quantitative estimate of drug-likeness (QED) is 0.817. The second-order valence-corrected chi connectivity index (χ2v) is 5.83. The van der Waals surface area contributed by atoms with Crippen molar-refractivity contribution in [2.75, 3.05) is 11.4 Å². The van der Waals surface area contributed by atoms with Gasteiger partial charge in [-0.1, -0.05) is 32.3 Å². The third kappa shape index (κ3) is 3.56. The van der Waals surface area contributed by atoms with E-state index in [1.54, 1.807) is 0 Å². The van der Waals surface area contributed by atoms with Crippen LogP contribution < -0.4 is 15.4 Å². The summed E-state index contributed by atoms with van der Waals surface area (Å²) in [7, 11) is 0. The molecule has 116 valence electrons. The monoisotopic (exact) mass is 290 g/mol. The number of anilines is 1. The molecule has 4 heteroatoms. The molecule has 21 heavy (non-hydrogen) atoms. The first-order chi connectivity index (χ1) is 10.0. The summed E-state index contributed by atoms with van der Waals surface area (Å²) in [4.78, 5) is 14.3. The zero-order valence-corrected chi connectivity index (χ0v) is 13.3.